The van der Waals surface area contributed by atoms with Gasteiger partial charge in [-0.2, -0.15) is 0 Å². The minimum absolute atomic E-state index is 0.0580. The smallest absolute Gasteiger partial charge is 0.402 e. The molecule has 2 aliphatic heterocycles. The molecule has 23 nitrogen and oxygen atoms in total. The van der Waals surface area contributed by atoms with Gasteiger partial charge in [-0.05, 0) is 0 Å². The van der Waals surface area contributed by atoms with Gasteiger partial charge in [0.25, 0.3) is 0 Å². The molecule has 10 atom stereocenters. The van der Waals surface area contributed by atoms with Crippen molar-refractivity contribution < 1.29 is 113 Å². The second-order valence-electron chi connectivity index (χ2n) is 12.8. The molecule has 1 aromatic heterocycles. The highest BCUT2D eigenvalue weighted by Crippen LogP contribution is 2.46. The Morgan fingerprint density at radius 3 is 1.59 bits per heavy atom. The van der Waals surface area contributed by atoms with Crippen molar-refractivity contribution in [1.82, 2.24) is 0 Å². The fourth-order valence-corrected chi connectivity index (χ4v) is 5.82. The Morgan fingerprint density at radius 2 is 1.12 bits per heavy atom. The number of carbonyl (C=O) groups excluding carboxylic acids is 2. The molecular weight excluding hydrogens is 788 g/mol. The van der Waals surface area contributed by atoms with E-state index in [1.165, 1.54) is 38.5 Å². The Hall–Kier alpha value is -5.79. The molecule has 10 N–H and O–H groups in total. The Balaban J connectivity index is 1.51. The third-order valence-electron chi connectivity index (χ3n) is 8.79. The van der Waals surface area contributed by atoms with Crippen LogP contribution in [0, 0.1) is 0 Å². The molecule has 0 aliphatic carbocycles. The lowest BCUT2D eigenvalue weighted by Crippen LogP contribution is -2.60. The summed E-state index contributed by atoms with van der Waals surface area (Å²) < 4.78 is 49.1. The van der Waals surface area contributed by atoms with Crippen LogP contribution < -0.4 is 18.9 Å². The number of phenols is 2. The van der Waals surface area contributed by atoms with E-state index in [4.69, 9.17) is 52.5 Å². The largest absolute Gasteiger partial charge is 0.507 e. The molecule has 2 fully saturated rings. The number of carbonyl (C=O) groups is 4. The van der Waals surface area contributed by atoms with Crippen molar-refractivity contribution in [2.75, 3.05) is 27.4 Å². The number of aromatic hydroxyl groups is 2. The van der Waals surface area contributed by atoms with Gasteiger partial charge in [0.15, 0.2) is 11.5 Å². The zero-order valence-corrected chi connectivity index (χ0v) is 30.3. The van der Waals surface area contributed by atoms with Crippen molar-refractivity contribution >= 4 is 34.8 Å². The zero-order valence-electron chi connectivity index (χ0n) is 30.3. The van der Waals surface area contributed by atoms with Gasteiger partial charge in [-0.25, -0.2) is 4.42 Å². The molecule has 58 heavy (non-hydrogen) atoms. The van der Waals surface area contributed by atoms with Gasteiger partial charge in [0.2, 0.25) is 24.1 Å². The first-order chi connectivity index (χ1) is 27.4. The molecule has 4 unspecified atom stereocenters. The second-order valence-corrected chi connectivity index (χ2v) is 12.8. The van der Waals surface area contributed by atoms with Crippen LogP contribution in [0.25, 0.3) is 22.3 Å². The number of aliphatic hydroxyl groups excluding tert-OH is 6. The quantitative estimate of drug-likeness (QED) is 0.0460. The van der Waals surface area contributed by atoms with Crippen molar-refractivity contribution in [2.45, 2.75) is 74.3 Å². The third kappa shape index (κ3) is 9.66. The van der Waals surface area contributed by atoms with Gasteiger partial charge in [-0.15, -0.1) is 0 Å². The summed E-state index contributed by atoms with van der Waals surface area (Å²) >= 11 is 0. The normalized spacial score (nSPS) is 27.0. The van der Waals surface area contributed by atoms with E-state index in [2.05, 4.69) is 0 Å². The number of fused-ring (bicyclic) bond motifs is 1. The molecule has 5 rings (SSSR count). The number of carboxylic acids is 2. The SMILES string of the molecule is COc1cc(-c2[o+]c3cc(O[C@@H]4OC(COC(=O)CC(=O)O)[C@@H](O)[C@H](O)C4O)cc(O)c3cc2O[C@@H]2OC(COC(=O)CC(=O)O)[C@@H](O)[C@H](O)C2O)cc(OC)c1O. The molecule has 3 aromatic rings. The van der Waals surface area contributed by atoms with Crippen LogP contribution in [0.1, 0.15) is 12.8 Å². The number of esters is 2. The first kappa shape index (κ1) is 43.3. The number of rotatable bonds is 15. The number of hydrogen-bond acceptors (Lipinski definition) is 20. The van der Waals surface area contributed by atoms with Gasteiger partial charge in [0, 0.05) is 24.3 Å². The summed E-state index contributed by atoms with van der Waals surface area (Å²) in [5, 5.41) is 103. The number of hydrogen-bond donors (Lipinski definition) is 10. The van der Waals surface area contributed by atoms with Crippen LogP contribution >= 0.6 is 0 Å². The summed E-state index contributed by atoms with van der Waals surface area (Å²) in [6.07, 6.45) is -20.2. The molecule has 316 valence electrons. The van der Waals surface area contributed by atoms with Crippen LogP contribution in [-0.2, 0) is 38.1 Å². The monoisotopic (exact) mass is 827 g/mol. The van der Waals surface area contributed by atoms with Crippen molar-refractivity contribution in [2.24, 2.45) is 0 Å². The lowest BCUT2D eigenvalue weighted by Gasteiger charge is -2.39. The standard InChI is InChI=1S/C35H38O23/c1-50-17-3-12(4-18(51-2)26(17)43)33-19(56-35-32(49)30(47)28(45)21(58-35)11-53-25(42)9-23(39)40)7-14-15(36)5-13(6-16(14)55-33)54-34-31(48)29(46)27(44)20(57-34)10-52-24(41)8-22(37)38/h3-7,20-21,27-32,34-35,44-49H,8-11H2,1-2H3,(H3-,36,37,38,39,40,43)/p+1/t20?,21?,27-,28-,29+,30+,31?,32?,34-,35-/m1/s1. The fourth-order valence-electron chi connectivity index (χ4n) is 5.82. The van der Waals surface area contributed by atoms with Gasteiger partial charge in [-0.3, -0.25) is 19.2 Å². The topological polar surface area (TPSA) is 356 Å². The number of aliphatic hydroxyl groups is 6. The van der Waals surface area contributed by atoms with E-state index in [-0.39, 0.29) is 45.3 Å². The predicted octanol–water partition coefficient (Wildman–Crippen LogP) is -1.78. The Labute approximate surface area is 325 Å². The van der Waals surface area contributed by atoms with Crippen LogP contribution in [0.3, 0.4) is 0 Å². The van der Waals surface area contributed by atoms with Crippen molar-refractivity contribution in [3.8, 4) is 45.8 Å². The molecule has 0 saturated carbocycles. The van der Waals surface area contributed by atoms with Crippen molar-refractivity contribution in [3.63, 3.8) is 0 Å². The van der Waals surface area contributed by atoms with Gasteiger partial charge >= 0.3 is 35.2 Å². The van der Waals surface area contributed by atoms with E-state index in [0.29, 0.717) is 0 Å². The average Bonchev–Trinajstić information content (AvgIpc) is 3.16. The summed E-state index contributed by atoms with van der Waals surface area (Å²) in [7, 11) is 2.47. The molecular formula is C35H39O23+. The van der Waals surface area contributed by atoms with Crippen molar-refractivity contribution in [1.29, 1.82) is 0 Å². The van der Waals surface area contributed by atoms with Gasteiger partial charge in [-0.1, -0.05) is 0 Å². The Kier molecular flexibility index (Phi) is 13.6. The minimum Gasteiger partial charge on any atom is -0.507 e. The molecule has 2 aliphatic rings. The summed E-state index contributed by atoms with van der Waals surface area (Å²) in [6.45, 7) is -1.51. The molecule has 23 heteroatoms. The van der Waals surface area contributed by atoms with E-state index in [1.807, 2.05) is 0 Å². The van der Waals surface area contributed by atoms with Crippen molar-refractivity contribution in [3.05, 3.63) is 30.3 Å². The molecule has 3 heterocycles. The highest BCUT2D eigenvalue weighted by Gasteiger charge is 2.48. The van der Waals surface area contributed by atoms with Gasteiger partial charge < -0.3 is 89.0 Å². The molecule has 0 amide bonds. The molecule has 2 aromatic carbocycles. The Morgan fingerprint density at radius 1 is 0.638 bits per heavy atom. The van der Waals surface area contributed by atoms with Crippen LogP contribution in [-0.4, -0.2) is 164 Å². The van der Waals surface area contributed by atoms with Crippen LogP contribution in [0.2, 0.25) is 0 Å². The first-order valence-electron chi connectivity index (χ1n) is 17.0. The zero-order chi connectivity index (χ0) is 42.6. The van der Waals surface area contributed by atoms with E-state index < -0.39 is 123 Å². The maximum Gasteiger partial charge on any atom is 0.402 e. The Bertz CT molecular complexity index is 1980. The lowest BCUT2D eigenvalue weighted by atomic mass is 9.99. The van der Waals surface area contributed by atoms with Gasteiger partial charge in [0.05, 0.1) is 25.8 Å². The molecule has 0 bridgehead atoms. The fraction of sp³-hybridized carbons (Fsp3) is 0.457. The highest BCUT2D eigenvalue weighted by atomic mass is 16.7. The maximum absolute atomic E-state index is 11.8. The van der Waals surface area contributed by atoms with E-state index in [0.717, 1.165) is 6.07 Å². The first-order valence-corrected chi connectivity index (χ1v) is 17.0. The molecule has 0 radical (unpaired) electrons. The highest BCUT2D eigenvalue weighted by molar-refractivity contribution is 5.91. The lowest BCUT2D eigenvalue weighted by molar-refractivity contribution is -0.278. The van der Waals surface area contributed by atoms with Crippen LogP contribution in [0.4, 0.5) is 0 Å². The molecule has 2 saturated heterocycles. The number of ether oxygens (including phenoxy) is 8. The minimum atomic E-state index is -1.97. The van der Waals surface area contributed by atoms with E-state index in [1.54, 1.807) is 0 Å². The number of methoxy groups -OCH3 is 2. The predicted molar refractivity (Wildman–Crippen MR) is 184 cm³/mol. The maximum atomic E-state index is 11.8. The van der Waals surface area contributed by atoms with E-state index in [9.17, 15) is 60.0 Å². The van der Waals surface area contributed by atoms with Crippen LogP contribution in [0.15, 0.2) is 34.7 Å². The summed E-state index contributed by atoms with van der Waals surface area (Å²) in [5.74, 6) is -7.45. The van der Waals surface area contributed by atoms with Crippen LogP contribution in [0.5, 0.6) is 34.5 Å². The second kappa shape index (κ2) is 18.2. The third-order valence-corrected chi connectivity index (χ3v) is 8.79. The number of phenolic OH excluding ortho intramolecular Hbond substituents is 2. The summed E-state index contributed by atoms with van der Waals surface area (Å²) in [5.41, 5.74) is -0.125. The molecule has 0 spiro atoms. The van der Waals surface area contributed by atoms with Gasteiger partial charge in [0.1, 0.15) is 91.8 Å². The number of benzene rings is 2. The number of carboxylic acid groups (broad SMARTS) is 2. The number of aliphatic carboxylic acids is 2. The summed E-state index contributed by atoms with van der Waals surface area (Å²) in [4.78, 5) is 45.2. The summed E-state index contributed by atoms with van der Waals surface area (Å²) in [6, 6.07) is 5.93. The average molecular weight is 828 g/mol. The van der Waals surface area contributed by atoms with E-state index >= 15 is 0 Å².